The highest BCUT2D eigenvalue weighted by Gasteiger charge is 2.13. The van der Waals surface area contributed by atoms with E-state index in [0.29, 0.717) is 12.2 Å². The number of hydrogen-bond donors (Lipinski definition) is 2. The summed E-state index contributed by atoms with van der Waals surface area (Å²) in [6.07, 6.45) is 0.578. The van der Waals surface area contributed by atoms with Crippen LogP contribution in [0.15, 0.2) is 33.3 Å². The maximum absolute atomic E-state index is 8.86. The van der Waals surface area contributed by atoms with E-state index < -0.39 is 6.04 Å². The number of nitrogens with zero attached hydrogens (tertiary/aromatic N) is 2. The third kappa shape index (κ3) is 3.12. The molecule has 2 aromatic rings. The molecule has 6 heteroatoms. The number of aliphatic hydroxyl groups excluding tert-OH is 1. The summed E-state index contributed by atoms with van der Waals surface area (Å²) < 4.78 is 5.98. The Bertz CT molecular complexity index is 484. The van der Waals surface area contributed by atoms with Crippen molar-refractivity contribution in [1.29, 1.82) is 0 Å². The standard InChI is InChI=1S/C11H12BrN3O2/c12-8-3-1-7(2-4-8)5-10-14-11(17-15-10)9(13)6-16/h1-4,9,16H,5-6,13H2. The lowest BCUT2D eigenvalue weighted by Crippen LogP contribution is -2.14. The molecule has 2 rings (SSSR count). The Kier molecular flexibility index (Phi) is 3.88. The van der Waals surface area contributed by atoms with E-state index in [9.17, 15) is 0 Å². The third-order valence-electron chi connectivity index (χ3n) is 2.27. The van der Waals surface area contributed by atoms with E-state index in [1.54, 1.807) is 0 Å². The highest BCUT2D eigenvalue weighted by molar-refractivity contribution is 9.10. The second-order valence-corrected chi connectivity index (χ2v) is 4.56. The molecule has 1 unspecified atom stereocenters. The van der Waals surface area contributed by atoms with Crippen LogP contribution in [0.1, 0.15) is 23.3 Å². The van der Waals surface area contributed by atoms with Gasteiger partial charge in [-0.2, -0.15) is 4.98 Å². The summed E-state index contributed by atoms with van der Waals surface area (Å²) in [6, 6.07) is 7.25. The summed E-state index contributed by atoms with van der Waals surface area (Å²) in [5.74, 6) is 0.825. The van der Waals surface area contributed by atoms with E-state index in [1.807, 2.05) is 24.3 Å². The van der Waals surface area contributed by atoms with Crippen LogP contribution >= 0.6 is 15.9 Å². The molecule has 0 saturated carbocycles. The number of aliphatic hydroxyl groups is 1. The van der Waals surface area contributed by atoms with Crippen molar-refractivity contribution in [1.82, 2.24) is 10.1 Å². The van der Waals surface area contributed by atoms with E-state index in [2.05, 4.69) is 26.1 Å². The zero-order chi connectivity index (χ0) is 12.3. The van der Waals surface area contributed by atoms with Crippen molar-refractivity contribution in [2.75, 3.05) is 6.61 Å². The molecule has 0 fully saturated rings. The molecule has 1 aromatic heterocycles. The average Bonchev–Trinajstić information content (AvgIpc) is 2.80. The molecule has 5 nitrogen and oxygen atoms in total. The smallest absolute Gasteiger partial charge is 0.245 e. The first-order valence-corrected chi connectivity index (χ1v) is 5.91. The van der Waals surface area contributed by atoms with Gasteiger partial charge in [-0.1, -0.05) is 33.2 Å². The van der Waals surface area contributed by atoms with Crippen molar-refractivity contribution >= 4 is 15.9 Å². The zero-order valence-corrected chi connectivity index (χ0v) is 10.6. The van der Waals surface area contributed by atoms with Crippen LogP contribution in [0.4, 0.5) is 0 Å². The van der Waals surface area contributed by atoms with Crippen molar-refractivity contribution < 1.29 is 9.63 Å². The Morgan fingerprint density at radius 3 is 2.71 bits per heavy atom. The third-order valence-corrected chi connectivity index (χ3v) is 2.80. The first kappa shape index (κ1) is 12.2. The van der Waals surface area contributed by atoms with Crippen molar-refractivity contribution in [2.24, 2.45) is 5.73 Å². The highest BCUT2D eigenvalue weighted by atomic mass is 79.9. The monoisotopic (exact) mass is 297 g/mol. The molecule has 1 heterocycles. The Morgan fingerprint density at radius 1 is 1.35 bits per heavy atom. The molecule has 0 radical (unpaired) electrons. The predicted molar refractivity (Wildman–Crippen MR) is 65.3 cm³/mol. The average molecular weight is 298 g/mol. The molecule has 1 atom stereocenters. The summed E-state index contributed by atoms with van der Waals surface area (Å²) in [6.45, 7) is -0.208. The van der Waals surface area contributed by atoms with Gasteiger partial charge in [0, 0.05) is 10.9 Å². The van der Waals surface area contributed by atoms with Gasteiger partial charge in [0.2, 0.25) is 5.89 Å². The lowest BCUT2D eigenvalue weighted by Gasteiger charge is -1.99. The molecule has 1 aromatic carbocycles. The molecule has 3 N–H and O–H groups in total. The first-order valence-electron chi connectivity index (χ1n) is 5.12. The van der Waals surface area contributed by atoms with Gasteiger partial charge in [0.05, 0.1) is 6.61 Å². The molecule has 0 spiro atoms. The quantitative estimate of drug-likeness (QED) is 0.891. The van der Waals surface area contributed by atoms with Gasteiger partial charge in [0.25, 0.3) is 0 Å². The van der Waals surface area contributed by atoms with E-state index in [4.69, 9.17) is 15.4 Å². The van der Waals surface area contributed by atoms with Gasteiger partial charge in [-0.25, -0.2) is 0 Å². The van der Waals surface area contributed by atoms with Gasteiger partial charge in [-0.3, -0.25) is 0 Å². The first-order chi connectivity index (χ1) is 8.19. The molecule has 17 heavy (non-hydrogen) atoms. The van der Waals surface area contributed by atoms with Crippen molar-refractivity contribution in [3.05, 3.63) is 46.0 Å². The van der Waals surface area contributed by atoms with E-state index in [1.165, 1.54) is 0 Å². The Balaban J connectivity index is 2.08. The molecule has 0 aliphatic carbocycles. The van der Waals surface area contributed by atoms with Crippen LogP contribution in [0.2, 0.25) is 0 Å². The molecule has 0 bridgehead atoms. The zero-order valence-electron chi connectivity index (χ0n) is 9.01. The van der Waals surface area contributed by atoms with Gasteiger partial charge in [0.15, 0.2) is 5.82 Å². The summed E-state index contributed by atoms with van der Waals surface area (Å²) in [5.41, 5.74) is 6.65. The molecule has 0 aliphatic rings. The Hall–Kier alpha value is -1.24. The largest absolute Gasteiger partial charge is 0.394 e. The molecular weight excluding hydrogens is 286 g/mol. The number of aromatic nitrogens is 2. The van der Waals surface area contributed by atoms with Gasteiger partial charge in [0.1, 0.15) is 6.04 Å². The van der Waals surface area contributed by atoms with Gasteiger partial charge >= 0.3 is 0 Å². The maximum Gasteiger partial charge on any atom is 0.245 e. The van der Waals surface area contributed by atoms with Crippen LogP contribution in [-0.4, -0.2) is 21.9 Å². The fraction of sp³-hybridized carbons (Fsp3) is 0.273. The summed E-state index contributed by atoms with van der Waals surface area (Å²) in [4.78, 5) is 4.12. The van der Waals surface area contributed by atoms with Crippen LogP contribution in [0.25, 0.3) is 0 Å². The fourth-order valence-electron chi connectivity index (χ4n) is 1.35. The lowest BCUT2D eigenvalue weighted by molar-refractivity contribution is 0.236. The predicted octanol–water partition coefficient (Wildman–Crippen LogP) is 1.41. The summed E-state index contributed by atoms with van der Waals surface area (Å²) >= 11 is 3.37. The minimum absolute atomic E-state index is 0.208. The number of hydrogen-bond acceptors (Lipinski definition) is 5. The van der Waals surface area contributed by atoms with Crippen LogP contribution in [0, 0.1) is 0 Å². The normalized spacial score (nSPS) is 12.6. The minimum atomic E-state index is -0.610. The lowest BCUT2D eigenvalue weighted by atomic mass is 10.1. The van der Waals surface area contributed by atoms with Gasteiger partial charge in [-0.15, -0.1) is 0 Å². The van der Waals surface area contributed by atoms with Crippen LogP contribution in [0.3, 0.4) is 0 Å². The van der Waals surface area contributed by atoms with E-state index in [-0.39, 0.29) is 12.5 Å². The Morgan fingerprint density at radius 2 is 2.06 bits per heavy atom. The fourth-order valence-corrected chi connectivity index (χ4v) is 1.62. The number of nitrogens with two attached hydrogens (primary N) is 1. The molecule has 90 valence electrons. The number of halogens is 1. The highest BCUT2D eigenvalue weighted by Crippen LogP contribution is 2.14. The van der Waals surface area contributed by atoms with Crippen LogP contribution in [-0.2, 0) is 6.42 Å². The van der Waals surface area contributed by atoms with E-state index in [0.717, 1.165) is 10.0 Å². The van der Waals surface area contributed by atoms with Crippen molar-refractivity contribution in [3.63, 3.8) is 0 Å². The van der Waals surface area contributed by atoms with Crippen LogP contribution < -0.4 is 5.73 Å². The number of benzene rings is 1. The summed E-state index contributed by atoms with van der Waals surface area (Å²) in [5, 5.41) is 12.7. The summed E-state index contributed by atoms with van der Waals surface area (Å²) in [7, 11) is 0. The maximum atomic E-state index is 8.86. The molecule has 0 aliphatic heterocycles. The minimum Gasteiger partial charge on any atom is -0.394 e. The van der Waals surface area contributed by atoms with Gasteiger partial charge in [-0.05, 0) is 17.7 Å². The van der Waals surface area contributed by atoms with E-state index >= 15 is 0 Å². The second kappa shape index (κ2) is 5.39. The molecule has 0 saturated heterocycles. The van der Waals surface area contributed by atoms with Crippen molar-refractivity contribution in [2.45, 2.75) is 12.5 Å². The molecular formula is C11H12BrN3O2. The van der Waals surface area contributed by atoms with Crippen molar-refractivity contribution in [3.8, 4) is 0 Å². The Labute approximate surface area is 107 Å². The second-order valence-electron chi connectivity index (χ2n) is 3.64. The SMILES string of the molecule is NC(CO)c1nc(Cc2ccc(Br)cc2)no1. The van der Waals surface area contributed by atoms with Gasteiger partial charge < -0.3 is 15.4 Å². The number of rotatable bonds is 4. The van der Waals surface area contributed by atoms with Crippen LogP contribution in [0.5, 0.6) is 0 Å². The molecule has 0 amide bonds. The topological polar surface area (TPSA) is 85.2 Å².